The molecule has 0 aliphatic rings. The number of nitrogens with one attached hydrogen (secondary N) is 3. The summed E-state index contributed by atoms with van der Waals surface area (Å²) in [4.78, 5) is 22.1. The van der Waals surface area contributed by atoms with Crippen molar-refractivity contribution in [3.8, 4) is 0 Å². The Kier molecular flexibility index (Phi) is 9.24. The SMILES string of the molecule is CN=C(NCc1cccc(NC(=O)Cn2cccn2)c1)NCc1nc(C)c(C)s1.I. The standard InChI is InChI=1S/C20H25N7OS.HI/c1-14-15(2)29-19(25-14)12-23-20(21-3)22-11-16-6-4-7-17(10-16)26-18(28)13-27-9-5-8-24-27;/h4-10H,11-13H2,1-3H3,(H,26,28)(H2,21,22,23);1H. The van der Waals surface area contributed by atoms with E-state index < -0.39 is 0 Å². The van der Waals surface area contributed by atoms with Gasteiger partial charge < -0.3 is 16.0 Å². The van der Waals surface area contributed by atoms with Crippen molar-refractivity contribution in [2.75, 3.05) is 12.4 Å². The molecule has 10 heteroatoms. The first kappa shape index (κ1) is 23.8. The van der Waals surface area contributed by atoms with E-state index in [-0.39, 0.29) is 36.4 Å². The van der Waals surface area contributed by atoms with Gasteiger partial charge in [0.15, 0.2) is 5.96 Å². The molecule has 3 rings (SSSR count). The molecule has 0 spiro atoms. The molecule has 0 aliphatic heterocycles. The monoisotopic (exact) mass is 539 g/mol. The highest BCUT2D eigenvalue weighted by molar-refractivity contribution is 14.0. The maximum absolute atomic E-state index is 12.1. The minimum Gasteiger partial charge on any atom is -0.352 e. The lowest BCUT2D eigenvalue weighted by Crippen LogP contribution is -2.36. The Bertz CT molecular complexity index is 965. The highest BCUT2D eigenvalue weighted by atomic mass is 127. The van der Waals surface area contributed by atoms with E-state index in [9.17, 15) is 4.79 Å². The zero-order chi connectivity index (χ0) is 20.6. The Hall–Kier alpha value is -2.47. The van der Waals surface area contributed by atoms with Gasteiger partial charge in [-0.15, -0.1) is 35.3 Å². The van der Waals surface area contributed by atoms with E-state index in [1.54, 1.807) is 41.5 Å². The van der Waals surface area contributed by atoms with E-state index in [1.165, 1.54) is 4.88 Å². The number of aryl methyl sites for hydroxylation is 2. The maximum atomic E-state index is 12.1. The number of nitrogens with zero attached hydrogens (tertiary/aromatic N) is 4. The molecular formula is C20H26IN7OS. The highest BCUT2D eigenvalue weighted by Gasteiger charge is 2.06. The molecular weight excluding hydrogens is 513 g/mol. The molecule has 3 aromatic rings. The molecule has 0 unspecified atom stereocenters. The van der Waals surface area contributed by atoms with E-state index in [2.05, 4.69) is 37.9 Å². The number of halogens is 1. The molecule has 1 amide bonds. The smallest absolute Gasteiger partial charge is 0.246 e. The van der Waals surface area contributed by atoms with Crippen LogP contribution in [0.2, 0.25) is 0 Å². The number of guanidine groups is 1. The molecule has 0 radical (unpaired) electrons. The van der Waals surface area contributed by atoms with Gasteiger partial charge in [0, 0.05) is 36.6 Å². The summed E-state index contributed by atoms with van der Waals surface area (Å²) in [5.74, 6) is 0.578. The molecule has 30 heavy (non-hydrogen) atoms. The van der Waals surface area contributed by atoms with Crippen molar-refractivity contribution in [1.29, 1.82) is 0 Å². The van der Waals surface area contributed by atoms with Crippen LogP contribution in [0.4, 0.5) is 5.69 Å². The number of thiazole rings is 1. The van der Waals surface area contributed by atoms with Crippen LogP contribution in [0.5, 0.6) is 0 Å². The van der Waals surface area contributed by atoms with Gasteiger partial charge in [0.2, 0.25) is 5.91 Å². The van der Waals surface area contributed by atoms with Gasteiger partial charge in [-0.1, -0.05) is 12.1 Å². The number of carbonyl (C=O) groups is 1. The summed E-state index contributed by atoms with van der Waals surface area (Å²) < 4.78 is 1.59. The zero-order valence-electron chi connectivity index (χ0n) is 17.2. The first-order valence-electron chi connectivity index (χ1n) is 9.27. The fourth-order valence-electron chi connectivity index (χ4n) is 2.68. The molecule has 160 valence electrons. The number of anilines is 1. The fraction of sp³-hybridized carbons (Fsp3) is 0.300. The molecule has 2 heterocycles. The number of aliphatic imine (C=N–C) groups is 1. The number of rotatable bonds is 7. The van der Waals surface area contributed by atoms with Gasteiger partial charge in [-0.25, -0.2) is 4.98 Å². The Morgan fingerprint density at radius 2 is 2.00 bits per heavy atom. The van der Waals surface area contributed by atoms with Crippen LogP contribution in [-0.4, -0.2) is 33.7 Å². The third-order valence-corrected chi connectivity index (χ3v) is 5.31. The fourth-order valence-corrected chi connectivity index (χ4v) is 3.55. The van der Waals surface area contributed by atoms with Crippen LogP contribution >= 0.6 is 35.3 Å². The molecule has 0 aliphatic carbocycles. The molecule has 0 saturated carbocycles. The summed E-state index contributed by atoms with van der Waals surface area (Å²) in [5.41, 5.74) is 2.85. The largest absolute Gasteiger partial charge is 0.352 e. The second-order valence-corrected chi connectivity index (χ2v) is 7.77. The maximum Gasteiger partial charge on any atom is 0.246 e. The van der Waals surface area contributed by atoms with Crippen LogP contribution in [0.15, 0.2) is 47.7 Å². The van der Waals surface area contributed by atoms with Gasteiger partial charge in [-0.05, 0) is 37.6 Å². The quantitative estimate of drug-likeness (QED) is 0.244. The summed E-state index contributed by atoms with van der Waals surface area (Å²) in [6.45, 7) is 5.48. The second kappa shape index (κ2) is 11.6. The third kappa shape index (κ3) is 7.10. The zero-order valence-corrected chi connectivity index (χ0v) is 20.3. The number of aromatic nitrogens is 3. The van der Waals surface area contributed by atoms with Crippen LogP contribution in [0, 0.1) is 13.8 Å². The van der Waals surface area contributed by atoms with Crippen LogP contribution in [-0.2, 0) is 24.4 Å². The molecule has 0 saturated heterocycles. The van der Waals surface area contributed by atoms with Crippen molar-refractivity contribution in [3.05, 3.63) is 63.9 Å². The van der Waals surface area contributed by atoms with Gasteiger partial charge in [-0.2, -0.15) is 5.10 Å². The van der Waals surface area contributed by atoms with Gasteiger partial charge in [0.1, 0.15) is 11.6 Å². The van der Waals surface area contributed by atoms with Crippen LogP contribution in [0.1, 0.15) is 21.1 Å². The summed E-state index contributed by atoms with van der Waals surface area (Å²) in [6.07, 6.45) is 3.41. The lowest BCUT2D eigenvalue weighted by Gasteiger charge is -2.12. The first-order valence-corrected chi connectivity index (χ1v) is 10.1. The van der Waals surface area contributed by atoms with Crippen molar-refractivity contribution < 1.29 is 4.79 Å². The van der Waals surface area contributed by atoms with Crippen molar-refractivity contribution in [2.45, 2.75) is 33.5 Å². The summed E-state index contributed by atoms with van der Waals surface area (Å²) in [6, 6.07) is 9.51. The van der Waals surface area contributed by atoms with E-state index in [4.69, 9.17) is 0 Å². The van der Waals surface area contributed by atoms with Crippen molar-refractivity contribution in [1.82, 2.24) is 25.4 Å². The molecule has 3 N–H and O–H groups in total. The lowest BCUT2D eigenvalue weighted by atomic mass is 10.2. The van der Waals surface area contributed by atoms with Gasteiger partial charge in [-0.3, -0.25) is 14.5 Å². The summed E-state index contributed by atoms with van der Waals surface area (Å²) in [7, 11) is 1.74. The van der Waals surface area contributed by atoms with Crippen molar-refractivity contribution in [2.24, 2.45) is 4.99 Å². The second-order valence-electron chi connectivity index (χ2n) is 6.48. The third-order valence-electron chi connectivity index (χ3n) is 4.24. The lowest BCUT2D eigenvalue weighted by molar-refractivity contribution is -0.116. The molecule has 1 aromatic carbocycles. The number of benzene rings is 1. The van der Waals surface area contributed by atoms with E-state index in [1.807, 2.05) is 31.2 Å². The molecule has 8 nitrogen and oxygen atoms in total. The van der Waals surface area contributed by atoms with E-state index in [0.717, 1.165) is 22.0 Å². The van der Waals surface area contributed by atoms with E-state index >= 15 is 0 Å². The van der Waals surface area contributed by atoms with Crippen LogP contribution < -0.4 is 16.0 Å². The molecule has 0 atom stereocenters. The minimum atomic E-state index is -0.120. The Balaban J connectivity index is 0.00000320. The number of amides is 1. The number of hydrogen-bond acceptors (Lipinski definition) is 5. The molecule has 2 aromatic heterocycles. The van der Waals surface area contributed by atoms with E-state index in [0.29, 0.717) is 19.0 Å². The Labute approximate surface area is 197 Å². The summed E-state index contributed by atoms with van der Waals surface area (Å²) in [5, 5.41) is 14.5. The van der Waals surface area contributed by atoms with Crippen LogP contribution in [0.25, 0.3) is 0 Å². The van der Waals surface area contributed by atoms with Crippen molar-refractivity contribution >= 4 is 52.9 Å². The minimum absolute atomic E-state index is 0. The van der Waals surface area contributed by atoms with Crippen LogP contribution in [0.3, 0.4) is 0 Å². The Morgan fingerprint density at radius 3 is 2.67 bits per heavy atom. The average molecular weight is 539 g/mol. The topological polar surface area (TPSA) is 96.2 Å². The first-order chi connectivity index (χ1) is 14.0. The predicted octanol–water partition coefficient (Wildman–Crippen LogP) is 3.08. The number of hydrogen-bond donors (Lipinski definition) is 3. The molecule has 0 fully saturated rings. The number of carbonyl (C=O) groups excluding carboxylic acids is 1. The van der Waals surface area contributed by atoms with Gasteiger partial charge in [0.05, 0.1) is 12.2 Å². The highest BCUT2D eigenvalue weighted by Crippen LogP contribution is 2.16. The molecule has 0 bridgehead atoms. The Morgan fingerprint density at radius 1 is 1.20 bits per heavy atom. The summed E-state index contributed by atoms with van der Waals surface area (Å²) >= 11 is 1.69. The predicted molar refractivity (Wildman–Crippen MR) is 131 cm³/mol. The van der Waals surface area contributed by atoms with Gasteiger partial charge >= 0.3 is 0 Å². The van der Waals surface area contributed by atoms with Gasteiger partial charge in [0.25, 0.3) is 0 Å². The van der Waals surface area contributed by atoms with Crippen molar-refractivity contribution in [3.63, 3.8) is 0 Å². The average Bonchev–Trinajstić information content (AvgIpc) is 3.31. The normalized spacial score (nSPS) is 11.0.